The van der Waals surface area contributed by atoms with Crippen LogP contribution in [0.1, 0.15) is 84.5 Å². The van der Waals surface area contributed by atoms with Crippen molar-refractivity contribution in [2.75, 3.05) is 13.2 Å². The van der Waals surface area contributed by atoms with Gasteiger partial charge in [0, 0.05) is 19.4 Å². The van der Waals surface area contributed by atoms with Gasteiger partial charge < -0.3 is 9.64 Å². The van der Waals surface area contributed by atoms with Crippen LogP contribution in [0, 0.1) is 0 Å². The lowest BCUT2D eigenvalue weighted by Gasteiger charge is -2.25. The Kier molecular flexibility index (Phi) is 19.4. The average molecular weight is 539 g/mol. The van der Waals surface area contributed by atoms with Crippen molar-refractivity contribution in [1.29, 1.82) is 0 Å². The summed E-state index contributed by atoms with van der Waals surface area (Å²) in [5.41, 5.74) is 0. The average Bonchev–Trinajstić information content (AvgIpc) is 3.34. The van der Waals surface area contributed by atoms with Crippen LogP contribution < -0.4 is 5.32 Å². The summed E-state index contributed by atoms with van der Waals surface area (Å²) in [4.78, 5) is 49.5. The third kappa shape index (κ3) is 16.9. The molecule has 1 atom stereocenters. The van der Waals surface area contributed by atoms with Gasteiger partial charge in [-0.2, -0.15) is 0 Å². The minimum Gasteiger partial charge on any atom is -0.456 e. The van der Waals surface area contributed by atoms with Crippen molar-refractivity contribution in [2.24, 2.45) is 0 Å². The highest BCUT2D eigenvalue weighted by Gasteiger charge is 2.32. The first kappa shape index (κ1) is 33.5. The van der Waals surface area contributed by atoms with Crippen LogP contribution in [-0.2, 0) is 23.9 Å². The van der Waals surface area contributed by atoms with Gasteiger partial charge in [-0.1, -0.05) is 86.8 Å². The van der Waals surface area contributed by atoms with Gasteiger partial charge in [0.15, 0.2) is 6.61 Å². The SMILES string of the molecule is CC/C=C\C/C=C\C/C=C\C/C=C\C/C=C\C/C=C\CCC(=O)OCC(=O)NC(=O)[C@H](CC)N1CCCC1=O. The fraction of sp³-hybridized carbons (Fsp3) is 0.500. The normalized spacial score (nSPS) is 15.2. The molecule has 0 aromatic carbocycles. The maximum absolute atomic E-state index is 12.3. The maximum atomic E-state index is 12.3. The van der Waals surface area contributed by atoms with Crippen molar-refractivity contribution in [3.8, 4) is 0 Å². The first-order valence-electron chi connectivity index (χ1n) is 14.2. The van der Waals surface area contributed by atoms with E-state index >= 15 is 0 Å². The first-order valence-corrected chi connectivity index (χ1v) is 14.2. The van der Waals surface area contributed by atoms with E-state index in [1.807, 2.05) is 12.2 Å². The van der Waals surface area contributed by atoms with Gasteiger partial charge in [0.25, 0.3) is 5.91 Å². The Morgan fingerprint density at radius 1 is 0.821 bits per heavy atom. The van der Waals surface area contributed by atoms with Gasteiger partial charge >= 0.3 is 5.97 Å². The van der Waals surface area contributed by atoms with E-state index in [0.29, 0.717) is 32.2 Å². The Labute approximate surface area is 234 Å². The standard InChI is InChI=1S/C32H46N2O5/c1-3-5-6-7-8-9-10-11-12-13-14-15-16-17-18-19-20-21-22-25-31(37)39-27-29(35)33-32(38)28(4-2)34-26-23-24-30(34)36/h5-6,8-9,11-12,14-15,17-18,20-21,28H,3-4,7,10,13,16,19,22-27H2,1-2H3,(H,33,35,38)/b6-5-,9-8-,12-11-,15-14-,18-17-,21-20-/t28-/m0/s1. The summed E-state index contributed by atoms with van der Waals surface area (Å²) < 4.78 is 4.95. The number of imide groups is 1. The molecular weight excluding hydrogens is 492 g/mol. The second-order valence-corrected chi connectivity index (χ2v) is 9.14. The molecule has 0 spiro atoms. The van der Waals surface area contributed by atoms with Crippen LogP contribution in [0.25, 0.3) is 0 Å². The summed E-state index contributed by atoms with van der Waals surface area (Å²) in [5, 5.41) is 2.23. The topological polar surface area (TPSA) is 92.8 Å². The largest absolute Gasteiger partial charge is 0.456 e. The van der Waals surface area contributed by atoms with E-state index in [1.54, 1.807) is 6.92 Å². The molecule has 1 fully saturated rings. The van der Waals surface area contributed by atoms with E-state index in [9.17, 15) is 19.2 Å². The molecule has 0 saturated carbocycles. The van der Waals surface area contributed by atoms with Crippen LogP contribution in [0.5, 0.6) is 0 Å². The fourth-order valence-electron chi connectivity index (χ4n) is 3.86. The smallest absolute Gasteiger partial charge is 0.306 e. The molecule has 214 valence electrons. The molecule has 0 bridgehead atoms. The Morgan fingerprint density at radius 3 is 1.79 bits per heavy atom. The number of hydrogen-bond acceptors (Lipinski definition) is 5. The van der Waals surface area contributed by atoms with E-state index in [-0.39, 0.29) is 12.3 Å². The fourth-order valence-corrected chi connectivity index (χ4v) is 3.86. The summed E-state index contributed by atoms with van der Waals surface area (Å²) >= 11 is 0. The van der Waals surface area contributed by atoms with Crippen molar-refractivity contribution in [3.05, 3.63) is 72.9 Å². The summed E-state index contributed by atoms with van der Waals surface area (Å²) in [6, 6.07) is -0.673. The maximum Gasteiger partial charge on any atom is 0.306 e. The molecule has 0 aliphatic carbocycles. The molecule has 1 rings (SSSR count). The van der Waals surface area contributed by atoms with Crippen molar-refractivity contribution >= 4 is 23.7 Å². The zero-order valence-corrected chi connectivity index (χ0v) is 23.7. The minimum atomic E-state index is -0.688. The first-order chi connectivity index (χ1) is 19.0. The molecule has 1 aliphatic heterocycles. The Hall–Kier alpha value is -3.48. The number of rotatable bonds is 19. The number of amides is 3. The van der Waals surface area contributed by atoms with Crippen LogP contribution in [0.3, 0.4) is 0 Å². The Balaban J connectivity index is 2.08. The lowest BCUT2D eigenvalue weighted by atomic mass is 10.2. The second kappa shape index (κ2) is 22.5. The lowest BCUT2D eigenvalue weighted by molar-refractivity contribution is -0.150. The quantitative estimate of drug-likeness (QED) is 0.160. The number of hydrogen-bond donors (Lipinski definition) is 1. The molecule has 0 unspecified atom stereocenters. The van der Waals surface area contributed by atoms with E-state index in [0.717, 1.165) is 38.5 Å². The van der Waals surface area contributed by atoms with Crippen molar-refractivity contribution in [2.45, 2.75) is 90.5 Å². The highest BCUT2D eigenvalue weighted by molar-refractivity contribution is 6.00. The van der Waals surface area contributed by atoms with E-state index < -0.39 is 30.4 Å². The van der Waals surface area contributed by atoms with E-state index in [1.165, 1.54) is 4.90 Å². The van der Waals surface area contributed by atoms with Gasteiger partial charge in [0.1, 0.15) is 6.04 Å². The number of esters is 1. The van der Waals surface area contributed by atoms with Crippen LogP contribution >= 0.6 is 0 Å². The van der Waals surface area contributed by atoms with Crippen LogP contribution in [0.4, 0.5) is 0 Å². The summed E-state index contributed by atoms with van der Waals surface area (Å²) in [6.07, 6.45) is 33.3. The highest BCUT2D eigenvalue weighted by Crippen LogP contribution is 2.15. The molecular formula is C32H46N2O5. The van der Waals surface area contributed by atoms with Crippen molar-refractivity contribution < 1.29 is 23.9 Å². The number of carbonyl (C=O) groups is 4. The van der Waals surface area contributed by atoms with Crippen molar-refractivity contribution in [3.63, 3.8) is 0 Å². The summed E-state index contributed by atoms with van der Waals surface area (Å²) in [5.74, 6) is -1.80. The molecule has 0 radical (unpaired) electrons. The molecule has 7 heteroatoms. The van der Waals surface area contributed by atoms with Crippen LogP contribution in [0.15, 0.2) is 72.9 Å². The summed E-state index contributed by atoms with van der Waals surface area (Å²) in [6.45, 7) is 3.93. The number of nitrogens with zero attached hydrogens (tertiary/aromatic N) is 1. The zero-order valence-electron chi connectivity index (χ0n) is 23.7. The van der Waals surface area contributed by atoms with Gasteiger partial charge in [-0.25, -0.2) is 0 Å². The number of likely N-dealkylation sites (tertiary alicyclic amines) is 1. The third-order valence-electron chi connectivity index (χ3n) is 5.91. The molecule has 1 N–H and O–H groups in total. The third-order valence-corrected chi connectivity index (χ3v) is 5.91. The number of nitrogens with one attached hydrogen (secondary N) is 1. The van der Waals surface area contributed by atoms with Crippen LogP contribution in [0.2, 0.25) is 0 Å². The number of ether oxygens (including phenoxy) is 1. The predicted molar refractivity (Wildman–Crippen MR) is 157 cm³/mol. The van der Waals surface area contributed by atoms with Crippen molar-refractivity contribution in [1.82, 2.24) is 10.2 Å². The Morgan fingerprint density at radius 2 is 1.33 bits per heavy atom. The molecule has 39 heavy (non-hydrogen) atoms. The van der Waals surface area contributed by atoms with Gasteiger partial charge in [0.05, 0.1) is 0 Å². The molecule has 0 aromatic rings. The van der Waals surface area contributed by atoms with Gasteiger partial charge in [0.2, 0.25) is 11.8 Å². The molecule has 7 nitrogen and oxygen atoms in total. The molecule has 0 aromatic heterocycles. The van der Waals surface area contributed by atoms with E-state index in [4.69, 9.17) is 4.74 Å². The molecule has 1 heterocycles. The summed E-state index contributed by atoms with van der Waals surface area (Å²) in [7, 11) is 0. The highest BCUT2D eigenvalue weighted by atomic mass is 16.5. The lowest BCUT2D eigenvalue weighted by Crippen LogP contribution is -2.49. The van der Waals surface area contributed by atoms with Gasteiger partial charge in [-0.05, 0) is 57.8 Å². The van der Waals surface area contributed by atoms with Gasteiger partial charge in [-0.3, -0.25) is 24.5 Å². The number of allylic oxidation sites excluding steroid dienone is 12. The number of carbonyl (C=O) groups excluding carboxylic acids is 4. The Bertz CT molecular complexity index is 927. The molecule has 1 aliphatic rings. The second-order valence-electron chi connectivity index (χ2n) is 9.14. The van der Waals surface area contributed by atoms with E-state index in [2.05, 4.69) is 73.0 Å². The monoisotopic (exact) mass is 538 g/mol. The zero-order chi connectivity index (χ0) is 28.6. The molecule has 1 saturated heterocycles. The molecule has 3 amide bonds. The van der Waals surface area contributed by atoms with Crippen LogP contribution in [-0.4, -0.2) is 47.8 Å². The van der Waals surface area contributed by atoms with Gasteiger partial charge in [-0.15, -0.1) is 0 Å². The predicted octanol–water partition coefficient (Wildman–Crippen LogP) is 6.05. The minimum absolute atomic E-state index is 0.0784.